The van der Waals surface area contributed by atoms with Crippen LogP contribution in [0, 0.1) is 0 Å². The number of nitrogens with one attached hydrogen (secondary N) is 1. The van der Waals surface area contributed by atoms with E-state index in [2.05, 4.69) is 5.32 Å². The number of benzene rings is 1. The molecule has 5 nitrogen and oxygen atoms in total. The minimum atomic E-state index is -0.162. The second-order valence-electron chi connectivity index (χ2n) is 5.04. The zero-order chi connectivity index (χ0) is 17.5. The average molecular weight is 347 g/mol. The molecule has 1 N–H and O–H groups in total. The summed E-state index contributed by atoms with van der Waals surface area (Å²) in [6.45, 7) is 1.96. The highest BCUT2D eigenvalue weighted by Crippen LogP contribution is 2.38. The van der Waals surface area contributed by atoms with Crippen LogP contribution in [0.3, 0.4) is 0 Å². The van der Waals surface area contributed by atoms with E-state index in [4.69, 9.17) is 14.2 Å². The molecular weight excluding hydrogens is 326 g/mol. The van der Waals surface area contributed by atoms with Gasteiger partial charge in [0.1, 0.15) is 0 Å². The molecule has 1 aromatic carbocycles. The number of carbonyl (C=O) groups is 1. The van der Waals surface area contributed by atoms with Crippen LogP contribution in [-0.4, -0.2) is 27.2 Å². The summed E-state index contributed by atoms with van der Waals surface area (Å²) in [7, 11) is 4.66. The minimum Gasteiger partial charge on any atom is -0.493 e. The molecule has 0 saturated carbocycles. The van der Waals surface area contributed by atoms with E-state index in [0.717, 1.165) is 10.4 Å². The molecule has 24 heavy (non-hydrogen) atoms. The summed E-state index contributed by atoms with van der Waals surface area (Å²) in [5, 5.41) is 4.92. The number of ether oxygens (including phenoxy) is 3. The van der Waals surface area contributed by atoms with Crippen LogP contribution in [0.5, 0.6) is 17.2 Å². The van der Waals surface area contributed by atoms with Crippen LogP contribution in [-0.2, 0) is 4.79 Å². The second kappa shape index (κ2) is 8.40. The quantitative estimate of drug-likeness (QED) is 0.777. The highest BCUT2D eigenvalue weighted by Gasteiger charge is 2.12. The normalized spacial score (nSPS) is 12.0. The molecule has 1 aromatic heterocycles. The van der Waals surface area contributed by atoms with E-state index in [1.807, 2.05) is 24.4 Å². The Labute approximate surface area is 145 Å². The van der Waals surface area contributed by atoms with Crippen molar-refractivity contribution in [3.05, 3.63) is 46.2 Å². The zero-order valence-corrected chi connectivity index (χ0v) is 15.0. The number of hydrogen-bond acceptors (Lipinski definition) is 5. The first kappa shape index (κ1) is 17.9. The molecule has 0 aliphatic heterocycles. The molecule has 0 aliphatic rings. The van der Waals surface area contributed by atoms with Gasteiger partial charge in [0, 0.05) is 11.0 Å². The van der Waals surface area contributed by atoms with Gasteiger partial charge in [-0.3, -0.25) is 4.79 Å². The third-order valence-electron chi connectivity index (χ3n) is 3.44. The van der Waals surface area contributed by atoms with Gasteiger partial charge in [-0.1, -0.05) is 6.07 Å². The minimum absolute atomic E-state index is 0.0258. The lowest BCUT2D eigenvalue weighted by Gasteiger charge is -2.13. The molecule has 1 amide bonds. The van der Waals surface area contributed by atoms with Crippen LogP contribution in [0.25, 0.3) is 6.08 Å². The highest BCUT2D eigenvalue weighted by molar-refractivity contribution is 7.10. The lowest BCUT2D eigenvalue weighted by Crippen LogP contribution is -2.23. The summed E-state index contributed by atoms with van der Waals surface area (Å²) in [6, 6.07) is 7.51. The average Bonchev–Trinajstić information content (AvgIpc) is 3.13. The van der Waals surface area contributed by atoms with E-state index < -0.39 is 0 Å². The Morgan fingerprint density at radius 3 is 2.33 bits per heavy atom. The highest BCUT2D eigenvalue weighted by atomic mass is 32.1. The number of hydrogen-bond donors (Lipinski definition) is 1. The molecule has 6 heteroatoms. The van der Waals surface area contributed by atoms with Crippen molar-refractivity contribution >= 4 is 23.3 Å². The largest absolute Gasteiger partial charge is 0.493 e. The maximum atomic E-state index is 12.1. The smallest absolute Gasteiger partial charge is 0.244 e. The standard InChI is InChI=1S/C18H21NO4S/c1-12(16-6-5-9-24-16)19-17(20)8-7-13-10-14(21-2)18(23-4)15(11-13)22-3/h5-12H,1-4H3,(H,19,20)/b8-7+/t12-/m0/s1. The van der Waals surface area contributed by atoms with E-state index in [-0.39, 0.29) is 11.9 Å². The van der Waals surface area contributed by atoms with Gasteiger partial charge in [0.25, 0.3) is 0 Å². The van der Waals surface area contributed by atoms with E-state index in [0.29, 0.717) is 17.2 Å². The molecule has 0 bridgehead atoms. The van der Waals surface area contributed by atoms with Crippen molar-refractivity contribution in [3.63, 3.8) is 0 Å². The molecule has 0 fully saturated rings. The maximum absolute atomic E-state index is 12.1. The fourth-order valence-electron chi connectivity index (χ4n) is 2.24. The van der Waals surface area contributed by atoms with Crippen LogP contribution >= 0.6 is 11.3 Å². The summed E-state index contributed by atoms with van der Waals surface area (Å²) in [4.78, 5) is 13.2. The van der Waals surface area contributed by atoms with Crippen molar-refractivity contribution in [1.82, 2.24) is 5.32 Å². The van der Waals surface area contributed by atoms with Crippen LogP contribution in [0.15, 0.2) is 35.7 Å². The predicted molar refractivity (Wildman–Crippen MR) is 96.0 cm³/mol. The molecule has 0 saturated heterocycles. The van der Waals surface area contributed by atoms with Gasteiger partial charge in [-0.2, -0.15) is 0 Å². The molecule has 2 aromatic rings. The van der Waals surface area contributed by atoms with E-state index in [9.17, 15) is 4.79 Å². The molecule has 2 rings (SSSR count). The Bertz CT molecular complexity index is 685. The molecule has 0 aliphatic carbocycles. The van der Waals surface area contributed by atoms with Crippen LogP contribution in [0.2, 0.25) is 0 Å². The number of amides is 1. The van der Waals surface area contributed by atoms with Crippen LogP contribution < -0.4 is 19.5 Å². The first-order valence-electron chi connectivity index (χ1n) is 7.41. The third-order valence-corrected chi connectivity index (χ3v) is 4.50. The van der Waals surface area contributed by atoms with Crippen molar-refractivity contribution < 1.29 is 19.0 Å². The summed E-state index contributed by atoms with van der Waals surface area (Å²) in [5.74, 6) is 1.45. The van der Waals surface area contributed by atoms with Crippen molar-refractivity contribution in [2.45, 2.75) is 13.0 Å². The van der Waals surface area contributed by atoms with Gasteiger partial charge in [0.05, 0.1) is 27.4 Å². The van der Waals surface area contributed by atoms with E-state index in [1.165, 1.54) is 6.08 Å². The van der Waals surface area contributed by atoms with Crippen LogP contribution in [0.4, 0.5) is 0 Å². The van der Waals surface area contributed by atoms with E-state index in [1.54, 1.807) is 50.9 Å². The van der Waals surface area contributed by atoms with Gasteiger partial charge >= 0.3 is 0 Å². The van der Waals surface area contributed by atoms with Gasteiger partial charge in [0.2, 0.25) is 11.7 Å². The number of thiophene rings is 1. The summed E-state index contributed by atoms with van der Waals surface area (Å²) in [6.07, 6.45) is 3.20. The first-order chi connectivity index (χ1) is 11.6. The molecule has 1 atom stereocenters. The zero-order valence-electron chi connectivity index (χ0n) is 14.2. The summed E-state index contributed by atoms with van der Waals surface area (Å²) < 4.78 is 15.9. The number of rotatable bonds is 7. The molecule has 0 spiro atoms. The van der Waals surface area contributed by atoms with Gasteiger partial charge in [-0.05, 0) is 42.1 Å². The fraction of sp³-hybridized carbons (Fsp3) is 0.278. The first-order valence-corrected chi connectivity index (χ1v) is 8.29. The molecule has 0 radical (unpaired) electrons. The van der Waals surface area contributed by atoms with Gasteiger partial charge in [0.15, 0.2) is 11.5 Å². The van der Waals surface area contributed by atoms with Crippen molar-refractivity contribution in [1.29, 1.82) is 0 Å². The molecule has 1 heterocycles. The maximum Gasteiger partial charge on any atom is 0.244 e. The monoisotopic (exact) mass is 347 g/mol. The van der Waals surface area contributed by atoms with Crippen molar-refractivity contribution in [3.8, 4) is 17.2 Å². The number of carbonyl (C=O) groups excluding carboxylic acids is 1. The Balaban J connectivity index is 2.12. The fourth-order valence-corrected chi connectivity index (χ4v) is 2.97. The van der Waals surface area contributed by atoms with Crippen LogP contribution in [0.1, 0.15) is 23.4 Å². The summed E-state index contributed by atoms with van der Waals surface area (Å²) in [5.41, 5.74) is 0.781. The Hall–Kier alpha value is -2.47. The Kier molecular flexibility index (Phi) is 6.26. The van der Waals surface area contributed by atoms with Gasteiger partial charge < -0.3 is 19.5 Å². The lowest BCUT2D eigenvalue weighted by atomic mass is 10.1. The molecule has 128 valence electrons. The molecular formula is C18H21NO4S. The SMILES string of the molecule is COc1cc(/C=C/C(=O)N[C@@H](C)c2cccs2)cc(OC)c1OC. The predicted octanol–water partition coefficient (Wildman–Crippen LogP) is 3.66. The van der Waals surface area contributed by atoms with Crippen molar-refractivity contribution in [2.24, 2.45) is 0 Å². The molecule has 0 unspecified atom stereocenters. The summed E-state index contributed by atoms with van der Waals surface area (Å²) >= 11 is 1.62. The lowest BCUT2D eigenvalue weighted by molar-refractivity contribution is -0.117. The van der Waals surface area contributed by atoms with Crippen molar-refractivity contribution in [2.75, 3.05) is 21.3 Å². The second-order valence-corrected chi connectivity index (χ2v) is 6.02. The van der Waals surface area contributed by atoms with E-state index >= 15 is 0 Å². The third kappa shape index (κ3) is 4.29. The van der Waals surface area contributed by atoms with Gasteiger partial charge in [-0.15, -0.1) is 11.3 Å². The topological polar surface area (TPSA) is 56.8 Å². The Morgan fingerprint density at radius 1 is 1.17 bits per heavy atom. The Morgan fingerprint density at radius 2 is 1.83 bits per heavy atom. The van der Waals surface area contributed by atoms with Gasteiger partial charge in [-0.25, -0.2) is 0 Å². The number of methoxy groups -OCH3 is 3.